The monoisotopic (exact) mass is 273 g/mol. The predicted octanol–water partition coefficient (Wildman–Crippen LogP) is 3.86. The van der Waals surface area contributed by atoms with Gasteiger partial charge in [0, 0.05) is 13.1 Å². The van der Waals surface area contributed by atoms with E-state index >= 15 is 0 Å². The number of benzene rings is 1. The summed E-state index contributed by atoms with van der Waals surface area (Å²) in [6, 6.07) is 9.07. The molecule has 0 aromatic heterocycles. The van der Waals surface area contributed by atoms with E-state index in [4.69, 9.17) is 4.74 Å². The van der Waals surface area contributed by atoms with Crippen LogP contribution in [0.2, 0.25) is 0 Å². The van der Waals surface area contributed by atoms with Crippen molar-refractivity contribution in [2.24, 2.45) is 5.92 Å². The van der Waals surface area contributed by atoms with E-state index in [1.807, 2.05) is 0 Å². The molecule has 1 N–H and O–H groups in total. The van der Waals surface area contributed by atoms with E-state index in [2.05, 4.69) is 43.4 Å². The average molecular weight is 273 g/mol. The summed E-state index contributed by atoms with van der Waals surface area (Å²) in [6.45, 7) is 6.53. The molecular weight excluding hydrogens is 246 g/mol. The van der Waals surface area contributed by atoms with Gasteiger partial charge in [0.1, 0.15) is 0 Å². The highest BCUT2D eigenvalue weighted by Gasteiger charge is 2.39. The van der Waals surface area contributed by atoms with Gasteiger partial charge in [0.15, 0.2) is 0 Å². The zero-order valence-electron chi connectivity index (χ0n) is 12.8. The van der Waals surface area contributed by atoms with Crippen LogP contribution in [0.5, 0.6) is 0 Å². The molecule has 1 atom stereocenters. The molecule has 1 aromatic carbocycles. The van der Waals surface area contributed by atoms with Crippen LogP contribution in [0, 0.1) is 5.92 Å². The molecule has 1 saturated carbocycles. The molecule has 1 spiro atoms. The highest BCUT2D eigenvalue weighted by Crippen LogP contribution is 2.39. The van der Waals surface area contributed by atoms with Gasteiger partial charge in [-0.1, -0.05) is 51.0 Å². The molecule has 2 aliphatic rings. The summed E-state index contributed by atoms with van der Waals surface area (Å²) in [5.74, 6) is 0.718. The fraction of sp³-hybridized carbons (Fsp3) is 0.667. The maximum absolute atomic E-state index is 6.48. The Bertz CT molecular complexity index is 431. The summed E-state index contributed by atoms with van der Waals surface area (Å²) >= 11 is 0. The number of nitrogens with one attached hydrogen (secondary N) is 1. The van der Waals surface area contributed by atoms with Gasteiger partial charge in [-0.3, -0.25) is 0 Å². The fourth-order valence-corrected chi connectivity index (χ4v) is 3.66. The topological polar surface area (TPSA) is 21.3 Å². The summed E-state index contributed by atoms with van der Waals surface area (Å²) in [6.07, 6.45) is 6.48. The van der Waals surface area contributed by atoms with Gasteiger partial charge >= 0.3 is 0 Å². The molecule has 0 amide bonds. The summed E-state index contributed by atoms with van der Waals surface area (Å²) in [5.41, 5.74) is 2.89. The first-order valence-corrected chi connectivity index (χ1v) is 8.14. The highest BCUT2D eigenvalue weighted by atomic mass is 16.5. The van der Waals surface area contributed by atoms with E-state index in [0.29, 0.717) is 0 Å². The smallest absolute Gasteiger partial charge is 0.0957 e. The van der Waals surface area contributed by atoms with Gasteiger partial charge in [0.25, 0.3) is 0 Å². The highest BCUT2D eigenvalue weighted by molar-refractivity contribution is 5.25. The van der Waals surface area contributed by atoms with Gasteiger partial charge < -0.3 is 10.1 Å². The number of ether oxygens (including phenoxy) is 1. The molecule has 3 rings (SSSR count). The lowest BCUT2D eigenvalue weighted by molar-refractivity contribution is -0.114. The van der Waals surface area contributed by atoms with Crippen molar-refractivity contribution in [1.82, 2.24) is 5.32 Å². The standard InChI is InChI=1S/C18H27NO/c1-14(2)11-15-5-7-16(8-6-15)17-12-19-13-18(20-17)9-3-4-10-18/h5-8,14,17,19H,3-4,9-13H2,1-2H3. The quantitative estimate of drug-likeness (QED) is 0.903. The van der Waals surface area contributed by atoms with E-state index in [1.54, 1.807) is 0 Å². The van der Waals surface area contributed by atoms with Crippen LogP contribution in [0.15, 0.2) is 24.3 Å². The van der Waals surface area contributed by atoms with Gasteiger partial charge in [-0.05, 0) is 36.3 Å². The molecule has 2 fully saturated rings. The molecule has 1 aliphatic carbocycles. The van der Waals surface area contributed by atoms with Crippen LogP contribution in [0.4, 0.5) is 0 Å². The van der Waals surface area contributed by atoms with Gasteiger partial charge in [0.05, 0.1) is 11.7 Å². The second-order valence-electron chi connectivity index (χ2n) is 6.97. The van der Waals surface area contributed by atoms with Crippen LogP contribution < -0.4 is 5.32 Å². The molecule has 1 aromatic rings. The summed E-state index contributed by atoms with van der Waals surface area (Å²) in [5, 5.41) is 3.59. The van der Waals surface area contributed by atoms with Crippen molar-refractivity contribution < 1.29 is 4.74 Å². The van der Waals surface area contributed by atoms with Crippen LogP contribution in [0.1, 0.15) is 56.8 Å². The summed E-state index contributed by atoms with van der Waals surface area (Å²) in [4.78, 5) is 0. The second kappa shape index (κ2) is 5.87. The SMILES string of the molecule is CC(C)Cc1ccc(C2CNCC3(CCCC3)O2)cc1. The first kappa shape index (κ1) is 14.1. The molecule has 1 aliphatic heterocycles. The normalized spacial score (nSPS) is 25.4. The van der Waals surface area contributed by atoms with Crippen molar-refractivity contribution >= 4 is 0 Å². The largest absolute Gasteiger partial charge is 0.364 e. The molecule has 1 saturated heterocycles. The minimum absolute atomic E-state index is 0.125. The van der Waals surface area contributed by atoms with Gasteiger partial charge in [-0.15, -0.1) is 0 Å². The Morgan fingerprint density at radius 3 is 2.55 bits per heavy atom. The zero-order chi connectivity index (χ0) is 14.0. The van der Waals surface area contributed by atoms with Crippen LogP contribution >= 0.6 is 0 Å². The third-order valence-electron chi connectivity index (χ3n) is 4.68. The van der Waals surface area contributed by atoms with E-state index in [0.717, 1.165) is 25.4 Å². The van der Waals surface area contributed by atoms with E-state index in [9.17, 15) is 0 Å². The predicted molar refractivity (Wildman–Crippen MR) is 82.9 cm³/mol. The molecular formula is C18H27NO. The van der Waals surface area contributed by atoms with E-state index in [1.165, 1.54) is 36.8 Å². The Labute approximate surface area is 122 Å². The van der Waals surface area contributed by atoms with Gasteiger partial charge in [0.2, 0.25) is 0 Å². The Morgan fingerprint density at radius 2 is 1.90 bits per heavy atom. The van der Waals surface area contributed by atoms with Crippen molar-refractivity contribution in [3.05, 3.63) is 35.4 Å². The molecule has 1 heterocycles. The lowest BCUT2D eigenvalue weighted by Gasteiger charge is -2.39. The van der Waals surface area contributed by atoms with Crippen LogP contribution in [0.3, 0.4) is 0 Å². The second-order valence-corrected chi connectivity index (χ2v) is 6.97. The summed E-state index contributed by atoms with van der Waals surface area (Å²) < 4.78 is 6.48. The van der Waals surface area contributed by atoms with Crippen molar-refractivity contribution in [3.63, 3.8) is 0 Å². The number of rotatable bonds is 3. The molecule has 1 unspecified atom stereocenters. The number of hydrogen-bond donors (Lipinski definition) is 1. The Morgan fingerprint density at radius 1 is 1.20 bits per heavy atom. The number of morpholine rings is 1. The lowest BCUT2D eigenvalue weighted by atomic mass is 9.96. The maximum Gasteiger partial charge on any atom is 0.0957 e. The lowest BCUT2D eigenvalue weighted by Crippen LogP contribution is -2.49. The fourth-order valence-electron chi connectivity index (χ4n) is 3.66. The first-order chi connectivity index (χ1) is 9.67. The summed E-state index contributed by atoms with van der Waals surface area (Å²) in [7, 11) is 0. The minimum atomic E-state index is 0.125. The Balaban J connectivity index is 1.69. The van der Waals surface area contributed by atoms with Gasteiger partial charge in [-0.2, -0.15) is 0 Å². The van der Waals surface area contributed by atoms with Crippen LogP contribution in [0.25, 0.3) is 0 Å². The van der Waals surface area contributed by atoms with Crippen molar-refractivity contribution in [2.45, 2.75) is 57.7 Å². The Kier molecular flexibility index (Phi) is 4.13. The Hall–Kier alpha value is -0.860. The molecule has 2 nitrogen and oxygen atoms in total. The molecule has 0 radical (unpaired) electrons. The van der Waals surface area contributed by atoms with Crippen molar-refractivity contribution in [3.8, 4) is 0 Å². The minimum Gasteiger partial charge on any atom is -0.364 e. The van der Waals surface area contributed by atoms with Gasteiger partial charge in [-0.25, -0.2) is 0 Å². The molecule has 110 valence electrons. The molecule has 2 heteroatoms. The van der Waals surface area contributed by atoms with Crippen molar-refractivity contribution in [2.75, 3.05) is 13.1 Å². The average Bonchev–Trinajstić information content (AvgIpc) is 2.87. The maximum atomic E-state index is 6.48. The van der Waals surface area contributed by atoms with E-state index in [-0.39, 0.29) is 11.7 Å². The van der Waals surface area contributed by atoms with Crippen molar-refractivity contribution in [1.29, 1.82) is 0 Å². The van der Waals surface area contributed by atoms with Crippen LogP contribution in [-0.2, 0) is 11.2 Å². The first-order valence-electron chi connectivity index (χ1n) is 8.14. The molecule has 0 bridgehead atoms. The zero-order valence-corrected chi connectivity index (χ0v) is 12.8. The van der Waals surface area contributed by atoms with E-state index < -0.39 is 0 Å². The third-order valence-corrected chi connectivity index (χ3v) is 4.68. The number of hydrogen-bond acceptors (Lipinski definition) is 2. The molecule has 20 heavy (non-hydrogen) atoms. The third kappa shape index (κ3) is 3.07. The van der Waals surface area contributed by atoms with Crippen LogP contribution in [-0.4, -0.2) is 18.7 Å².